The predicted octanol–water partition coefficient (Wildman–Crippen LogP) is -0.759. The van der Waals surface area contributed by atoms with Crippen molar-refractivity contribution in [3.8, 4) is 0 Å². The molecule has 2 N–H and O–H groups in total. The van der Waals surface area contributed by atoms with Crippen molar-refractivity contribution in [3.05, 3.63) is 0 Å². The van der Waals surface area contributed by atoms with Gasteiger partial charge in [-0.3, -0.25) is 4.99 Å². The molecule has 0 amide bonds. The molecule has 1 saturated heterocycles. The van der Waals surface area contributed by atoms with E-state index in [0.29, 0.717) is 0 Å². The zero-order chi connectivity index (χ0) is 8.23. The van der Waals surface area contributed by atoms with Gasteiger partial charge in [-0.2, -0.15) is 0 Å². The largest absolute Gasteiger partial charge is 0.356 e. The number of nitrogens with one attached hydrogen (secondary N) is 2. The van der Waals surface area contributed by atoms with E-state index in [1.807, 2.05) is 0 Å². The molecule has 0 atom stereocenters. The molecule has 0 aliphatic carbocycles. The molecule has 4 nitrogen and oxygen atoms in total. The molecule has 2 heterocycles. The van der Waals surface area contributed by atoms with Crippen LogP contribution in [0, 0.1) is 0 Å². The van der Waals surface area contributed by atoms with Crippen LogP contribution in [0.4, 0.5) is 0 Å². The van der Waals surface area contributed by atoms with Crippen molar-refractivity contribution in [1.82, 2.24) is 15.5 Å². The van der Waals surface area contributed by atoms with E-state index in [-0.39, 0.29) is 0 Å². The smallest absolute Gasteiger partial charge is 0.194 e. The molecule has 0 spiro atoms. The number of hydrogen-bond acceptors (Lipinski definition) is 4. The van der Waals surface area contributed by atoms with Crippen LogP contribution in [-0.2, 0) is 0 Å². The lowest BCUT2D eigenvalue weighted by Gasteiger charge is -2.32. The van der Waals surface area contributed by atoms with Crippen LogP contribution in [-0.4, -0.2) is 50.1 Å². The zero-order valence-corrected chi connectivity index (χ0v) is 7.34. The summed E-state index contributed by atoms with van der Waals surface area (Å²) >= 11 is 0. The van der Waals surface area contributed by atoms with Gasteiger partial charge in [-0.15, -0.1) is 0 Å². The number of rotatable bonds is 0. The number of guanidine groups is 1. The maximum Gasteiger partial charge on any atom is 0.194 e. The van der Waals surface area contributed by atoms with Crippen LogP contribution >= 0.6 is 0 Å². The van der Waals surface area contributed by atoms with Crippen molar-refractivity contribution in [2.45, 2.75) is 6.42 Å². The Kier molecular flexibility index (Phi) is 2.46. The van der Waals surface area contributed by atoms with Gasteiger partial charge < -0.3 is 15.5 Å². The fourth-order valence-electron chi connectivity index (χ4n) is 1.61. The SMILES string of the molecule is C1CN=C(N2CCNCC2)NC1. The van der Waals surface area contributed by atoms with Crippen molar-refractivity contribution in [2.24, 2.45) is 4.99 Å². The molecule has 2 rings (SSSR count). The Bertz CT molecular complexity index is 172. The molecule has 2 aliphatic heterocycles. The second-order valence-corrected chi connectivity index (χ2v) is 3.22. The van der Waals surface area contributed by atoms with Crippen molar-refractivity contribution in [2.75, 3.05) is 39.3 Å². The first-order valence-electron chi connectivity index (χ1n) is 4.71. The summed E-state index contributed by atoms with van der Waals surface area (Å²) in [4.78, 5) is 6.79. The van der Waals surface area contributed by atoms with Gasteiger partial charge in [0.1, 0.15) is 0 Å². The van der Waals surface area contributed by atoms with E-state index in [9.17, 15) is 0 Å². The first kappa shape index (κ1) is 7.86. The van der Waals surface area contributed by atoms with Gasteiger partial charge in [-0.25, -0.2) is 0 Å². The summed E-state index contributed by atoms with van der Waals surface area (Å²) in [7, 11) is 0. The van der Waals surface area contributed by atoms with Crippen LogP contribution in [0.5, 0.6) is 0 Å². The lowest BCUT2D eigenvalue weighted by molar-refractivity contribution is 0.342. The summed E-state index contributed by atoms with van der Waals surface area (Å²) in [6.07, 6.45) is 1.18. The topological polar surface area (TPSA) is 39.7 Å². The summed E-state index contributed by atoms with van der Waals surface area (Å²) in [5.41, 5.74) is 0. The molecule has 0 bridgehead atoms. The molecule has 1 fully saturated rings. The van der Waals surface area contributed by atoms with E-state index in [0.717, 1.165) is 45.2 Å². The number of hydrogen-bond donors (Lipinski definition) is 2. The number of piperazine rings is 1. The minimum absolute atomic E-state index is 0.992. The molecular formula is C8H16N4. The summed E-state index contributed by atoms with van der Waals surface area (Å²) in [6.45, 7) is 6.42. The van der Waals surface area contributed by atoms with Crippen molar-refractivity contribution < 1.29 is 0 Å². The normalized spacial score (nSPS) is 24.7. The van der Waals surface area contributed by atoms with Crippen LogP contribution < -0.4 is 10.6 Å². The van der Waals surface area contributed by atoms with Gasteiger partial charge in [-0.1, -0.05) is 0 Å². The molecule has 0 aromatic heterocycles. The Balaban J connectivity index is 1.92. The molecule has 4 heteroatoms. The molecule has 12 heavy (non-hydrogen) atoms. The van der Waals surface area contributed by atoms with Crippen LogP contribution in [0.15, 0.2) is 4.99 Å². The summed E-state index contributed by atoms with van der Waals surface area (Å²) in [6, 6.07) is 0. The molecule has 0 aromatic rings. The third-order valence-electron chi connectivity index (χ3n) is 2.30. The van der Waals surface area contributed by atoms with Gasteiger partial charge in [0.25, 0.3) is 0 Å². The van der Waals surface area contributed by atoms with E-state index in [1.54, 1.807) is 0 Å². The van der Waals surface area contributed by atoms with Crippen molar-refractivity contribution in [1.29, 1.82) is 0 Å². The average molecular weight is 168 g/mol. The van der Waals surface area contributed by atoms with Gasteiger partial charge in [0, 0.05) is 39.3 Å². The van der Waals surface area contributed by atoms with Gasteiger partial charge in [-0.05, 0) is 6.42 Å². The lowest BCUT2D eigenvalue weighted by atomic mass is 10.3. The molecule has 68 valence electrons. The maximum atomic E-state index is 4.46. The summed E-state index contributed by atoms with van der Waals surface area (Å²) in [5, 5.41) is 6.67. The number of aliphatic imine (C=N–C) groups is 1. The first-order chi connectivity index (χ1) is 5.97. The quantitative estimate of drug-likeness (QED) is 0.499. The highest BCUT2D eigenvalue weighted by Gasteiger charge is 2.15. The third-order valence-corrected chi connectivity index (χ3v) is 2.30. The third kappa shape index (κ3) is 1.69. The Morgan fingerprint density at radius 1 is 1.17 bits per heavy atom. The Morgan fingerprint density at radius 3 is 2.67 bits per heavy atom. The first-order valence-corrected chi connectivity index (χ1v) is 4.71. The van der Waals surface area contributed by atoms with E-state index >= 15 is 0 Å². The van der Waals surface area contributed by atoms with E-state index in [4.69, 9.17) is 0 Å². The van der Waals surface area contributed by atoms with E-state index in [2.05, 4.69) is 20.5 Å². The molecule has 0 saturated carbocycles. The van der Waals surface area contributed by atoms with Crippen LogP contribution in [0.25, 0.3) is 0 Å². The molecule has 0 aromatic carbocycles. The fourth-order valence-corrected chi connectivity index (χ4v) is 1.61. The average Bonchev–Trinajstić information content (AvgIpc) is 2.21. The molecule has 2 aliphatic rings. The second-order valence-electron chi connectivity index (χ2n) is 3.22. The predicted molar refractivity (Wildman–Crippen MR) is 49.4 cm³/mol. The Hall–Kier alpha value is -0.770. The Labute approximate surface area is 73.0 Å². The van der Waals surface area contributed by atoms with Gasteiger partial charge >= 0.3 is 0 Å². The maximum absolute atomic E-state index is 4.46. The minimum Gasteiger partial charge on any atom is -0.356 e. The highest BCUT2D eigenvalue weighted by atomic mass is 15.3. The van der Waals surface area contributed by atoms with E-state index in [1.165, 1.54) is 6.42 Å². The van der Waals surface area contributed by atoms with Crippen LogP contribution in [0.1, 0.15) is 6.42 Å². The highest BCUT2D eigenvalue weighted by molar-refractivity contribution is 5.80. The highest BCUT2D eigenvalue weighted by Crippen LogP contribution is 1.97. The van der Waals surface area contributed by atoms with Crippen molar-refractivity contribution >= 4 is 5.96 Å². The molecule has 0 radical (unpaired) electrons. The van der Waals surface area contributed by atoms with Crippen molar-refractivity contribution in [3.63, 3.8) is 0 Å². The Morgan fingerprint density at radius 2 is 2.00 bits per heavy atom. The van der Waals surface area contributed by atoms with E-state index < -0.39 is 0 Å². The second kappa shape index (κ2) is 3.76. The fraction of sp³-hybridized carbons (Fsp3) is 0.875. The zero-order valence-electron chi connectivity index (χ0n) is 7.34. The van der Waals surface area contributed by atoms with Crippen LogP contribution in [0.2, 0.25) is 0 Å². The summed E-state index contributed by atoms with van der Waals surface area (Å²) < 4.78 is 0. The van der Waals surface area contributed by atoms with Gasteiger partial charge in [0.15, 0.2) is 5.96 Å². The van der Waals surface area contributed by atoms with Gasteiger partial charge in [0.05, 0.1) is 0 Å². The monoisotopic (exact) mass is 168 g/mol. The van der Waals surface area contributed by atoms with Crippen LogP contribution in [0.3, 0.4) is 0 Å². The summed E-state index contributed by atoms with van der Waals surface area (Å²) in [5.74, 6) is 1.11. The molecular weight excluding hydrogens is 152 g/mol. The standard InChI is InChI=1S/C8H16N4/c1-2-10-8(11-3-1)12-6-4-9-5-7-12/h9H,1-7H2,(H,10,11). The lowest BCUT2D eigenvalue weighted by Crippen LogP contribution is -2.52. The minimum atomic E-state index is 0.992. The number of nitrogens with zero attached hydrogens (tertiary/aromatic N) is 2. The molecule has 0 unspecified atom stereocenters. The van der Waals surface area contributed by atoms with Gasteiger partial charge in [0.2, 0.25) is 0 Å².